The summed E-state index contributed by atoms with van der Waals surface area (Å²) in [6.45, 7) is 2.38. The summed E-state index contributed by atoms with van der Waals surface area (Å²) in [5.41, 5.74) is 1.29. The van der Waals surface area contributed by atoms with E-state index in [2.05, 4.69) is 10.3 Å². The zero-order valence-corrected chi connectivity index (χ0v) is 16.8. The molecular weight excluding hydrogens is 384 g/mol. The summed E-state index contributed by atoms with van der Waals surface area (Å²) in [6.07, 6.45) is 7.08. The van der Waals surface area contributed by atoms with E-state index in [-0.39, 0.29) is 4.90 Å². The van der Waals surface area contributed by atoms with Gasteiger partial charge in [0, 0.05) is 37.1 Å². The van der Waals surface area contributed by atoms with Gasteiger partial charge in [-0.05, 0) is 37.8 Å². The van der Waals surface area contributed by atoms with Crippen molar-refractivity contribution in [1.29, 1.82) is 0 Å². The van der Waals surface area contributed by atoms with Crippen molar-refractivity contribution in [3.05, 3.63) is 33.9 Å². The Morgan fingerprint density at radius 2 is 2.00 bits per heavy atom. The Morgan fingerprint density at radius 3 is 2.74 bits per heavy atom. The van der Waals surface area contributed by atoms with Gasteiger partial charge in [-0.2, -0.15) is 4.31 Å². The second-order valence-electron chi connectivity index (χ2n) is 6.76. The molecule has 4 rings (SSSR count). The van der Waals surface area contributed by atoms with Gasteiger partial charge in [0.2, 0.25) is 10.0 Å². The number of thiazole rings is 1. The minimum Gasteiger partial charge on any atom is -0.379 e. The van der Waals surface area contributed by atoms with Gasteiger partial charge in [0.25, 0.3) is 0 Å². The number of nitrogens with one attached hydrogen (secondary N) is 1. The maximum atomic E-state index is 12.6. The Bertz CT molecular complexity index is 851. The maximum Gasteiger partial charge on any atom is 0.244 e. The Morgan fingerprint density at radius 1 is 1.19 bits per heavy atom. The van der Waals surface area contributed by atoms with Crippen LogP contribution in [0.1, 0.15) is 28.4 Å². The number of sulfonamides is 1. The molecule has 0 saturated carbocycles. The lowest BCUT2D eigenvalue weighted by molar-refractivity contribution is 0.0730. The molecule has 0 radical (unpaired) electrons. The second-order valence-corrected chi connectivity index (χ2v) is 9.86. The number of ether oxygens (including phenoxy) is 1. The van der Waals surface area contributed by atoms with E-state index in [0.29, 0.717) is 32.1 Å². The predicted molar refractivity (Wildman–Crippen MR) is 105 cm³/mol. The van der Waals surface area contributed by atoms with Crippen molar-refractivity contribution in [1.82, 2.24) is 14.3 Å². The van der Waals surface area contributed by atoms with Crippen LogP contribution in [0.4, 0.5) is 5.82 Å². The van der Waals surface area contributed by atoms with Crippen LogP contribution in [0.3, 0.4) is 0 Å². The van der Waals surface area contributed by atoms with Gasteiger partial charge in [-0.25, -0.2) is 18.4 Å². The molecule has 0 atom stereocenters. The third-order valence-electron chi connectivity index (χ3n) is 4.88. The van der Waals surface area contributed by atoms with Gasteiger partial charge >= 0.3 is 0 Å². The van der Waals surface area contributed by atoms with Crippen LogP contribution in [-0.2, 0) is 34.0 Å². The van der Waals surface area contributed by atoms with E-state index in [4.69, 9.17) is 9.72 Å². The molecule has 9 heteroatoms. The molecular formula is C18H24N4O3S2. The fraction of sp³-hybridized carbons (Fsp3) is 0.556. The van der Waals surface area contributed by atoms with Crippen molar-refractivity contribution in [3.8, 4) is 0 Å². The maximum absolute atomic E-state index is 12.6. The highest BCUT2D eigenvalue weighted by atomic mass is 32.2. The Labute approximate surface area is 163 Å². The van der Waals surface area contributed by atoms with E-state index in [1.165, 1.54) is 45.3 Å². The van der Waals surface area contributed by atoms with Crippen molar-refractivity contribution < 1.29 is 13.2 Å². The van der Waals surface area contributed by atoms with Gasteiger partial charge in [0.1, 0.15) is 10.7 Å². The fourth-order valence-electron chi connectivity index (χ4n) is 3.38. The van der Waals surface area contributed by atoms with Crippen molar-refractivity contribution in [2.75, 3.05) is 38.2 Å². The average molecular weight is 409 g/mol. The molecule has 1 N–H and O–H groups in total. The van der Waals surface area contributed by atoms with Crippen LogP contribution < -0.4 is 5.32 Å². The molecule has 1 aliphatic heterocycles. The van der Waals surface area contributed by atoms with Gasteiger partial charge in [-0.3, -0.25) is 0 Å². The first-order chi connectivity index (χ1) is 13.1. The first-order valence-electron chi connectivity index (χ1n) is 9.38. The van der Waals surface area contributed by atoms with Crippen LogP contribution in [-0.4, -0.2) is 55.5 Å². The third kappa shape index (κ3) is 4.31. The van der Waals surface area contributed by atoms with E-state index in [9.17, 15) is 8.42 Å². The quantitative estimate of drug-likeness (QED) is 0.788. The zero-order chi connectivity index (χ0) is 18.7. The van der Waals surface area contributed by atoms with Gasteiger partial charge in [-0.15, -0.1) is 11.3 Å². The molecule has 7 nitrogen and oxygen atoms in total. The summed E-state index contributed by atoms with van der Waals surface area (Å²) in [4.78, 5) is 10.7. The summed E-state index contributed by atoms with van der Waals surface area (Å²) in [5.74, 6) is 0.678. The molecule has 146 valence electrons. The van der Waals surface area contributed by atoms with E-state index in [1.54, 1.807) is 12.1 Å². The fourth-order valence-corrected chi connectivity index (χ4v) is 5.89. The number of fused-ring (bicyclic) bond motifs is 1. The largest absolute Gasteiger partial charge is 0.379 e. The predicted octanol–water partition coefficient (Wildman–Crippen LogP) is 2.09. The normalized spacial score (nSPS) is 18.2. The topological polar surface area (TPSA) is 84.4 Å². The second kappa shape index (κ2) is 8.22. The molecule has 0 unspecified atom stereocenters. The SMILES string of the molecule is O=S(=O)(c1ccc(NCCc2nc3c(s2)CCCC3)nc1)N1CCOCC1. The smallest absolute Gasteiger partial charge is 0.244 e. The number of hydrogen-bond donors (Lipinski definition) is 1. The third-order valence-corrected chi connectivity index (χ3v) is 7.98. The highest BCUT2D eigenvalue weighted by molar-refractivity contribution is 7.89. The molecule has 1 aliphatic carbocycles. The zero-order valence-electron chi connectivity index (χ0n) is 15.2. The van der Waals surface area contributed by atoms with E-state index < -0.39 is 10.0 Å². The minimum atomic E-state index is -3.49. The number of rotatable bonds is 6. The minimum absolute atomic E-state index is 0.225. The number of morpholine rings is 1. The lowest BCUT2D eigenvalue weighted by atomic mass is 10.0. The summed E-state index contributed by atoms with van der Waals surface area (Å²) in [5, 5.41) is 4.43. The molecule has 0 bridgehead atoms. The van der Waals surface area contributed by atoms with Crippen LogP contribution in [0.15, 0.2) is 23.2 Å². The summed E-state index contributed by atoms with van der Waals surface area (Å²) in [6, 6.07) is 3.34. The van der Waals surface area contributed by atoms with Crippen molar-refractivity contribution in [2.45, 2.75) is 37.0 Å². The van der Waals surface area contributed by atoms with Crippen molar-refractivity contribution >= 4 is 27.2 Å². The van der Waals surface area contributed by atoms with Gasteiger partial charge < -0.3 is 10.1 Å². The molecule has 2 aromatic heterocycles. The summed E-state index contributed by atoms with van der Waals surface area (Å²) < 4.78 is 31.9. The van der Waals surface area contributed by atoms with Crippen LogP contribution >= 0.6 is 11.3 Å². The van der Waals surface area contributed by atoms with Gasteiger partial charge in [0.15, 0.2) is 0 Å². The molecule has 2 aromatic rings. The van der Waals surface area contributed by atoms with Crippen LogP contribution in [0.5, 0.6) is 0 Å². The first kappa shape index (κ1) is 18.8. The molecule has 1 saturated heterocycles. The Kier molecular flexibility index (Phi) is 5.72. The number of hydrogen-bond acceptors (Lipinski definition) is 7. The highest BCUT2D eigenvalue weighted by Crippen LogP contribution is 2.27. The number of aromatic nitrogens is 2. The standard InChI is InChI=1S/C18H24N4O3S2/c23-27(24,22-9-11-25-12-10-22)14-5-6-17(20-13-14)19-8-7-18-21-15-3-1-2-4-16(15)26-18/h5-6,13H,1-4,7-12H2,(H,19,20). The number of anilines is 1. The van der Waals surface area contributed by atoms with Crippen LogP contribution in [0.2, 0.25) is 0 Å². The monoisotopic (exact) mass is 408 g/mol. The molecule has 3 heterocycles. The Hall–Kier alpha value is -1.55. The van der Waals surface area contributed by atoms with Crippen LogP contribution in [0, 0.1) is 0 Å². The molecule has 27 heavy (non-hydrogen) atoms. The molecule has 0 amide bonds. The highest BCUT2D eigenvalue weighted by Gasteiger charge is 2.26. The molecule has 0 aromatic carbocycles. The molecule has 1 fully saturated rings. The van der Waals surface area contributed by atoms with Crippen molar-refractivity contribution in [2.24, 2.45) is 0 Å². The molecule has 0 spiro atoms. The Balaban J connectivity index is 1.33. The van der Waals surface area contributed by atoms with E-state index in [0.717, 1.165) is 19.4 Å². The lowest BCUT2D eigenvalue weighted by Gasteiger charge is -2.25. The number of pyridine rings is 1. The van der Waals surface area contributed by atoms with Gasteiger partial charge in [0.05, 0.1) is 23.9 Å². The number of aryl methyl sites for hydroxylation is 2. The molecule has 2 aliphatic rings. The van der Waals surface area contributed by atoms with Crippen LogP contribution in [0.25, 0.3) is 0 Å². The lowest BCUT2D eigenvalue weighted by Crippen LogP contribution is -2.40. The van der Waals surface area contributed by atoms with Gasteiger partial charge in [-0.1, -0.05) is 0 Å². The van der Waals surface area contributed by atoms with Crippen molar-refractivity contribution in [3.63, 3.8) is 0 Å². The van der Waals surface area contributed by atoms with E-state index >= 15 is 0 Å². The van der Waals surface area contributed by atoms with E-state index in [1.807, 2.05) is 11.3 Å². The number of nitrogens with zero attached hydrogens (tertiary/aromatic N) is 3. The summed E-state index contributed by atoms with van der Waals surface area (Å²) >= 11 is 1.83. The first-order valence-corrected chi connectivity index (χ1v) is 11.6. The summed E-state index contributed by atoms with van der Waals surface area (Å²) in [7, 11) is -3.49. The average Bonchev–Trinajstić information content (AvgIpc) is 3.12.